The summed E-state index contributed by atoms with van der Waals surface area (Å²) in [6.07, 6.45) is 3.97. The van der Waals surface area contributed by atoms with Crippen molar-refractivity contribution in [3.8, 4) is 0 Å². The minimum atomic E-state index is -0.213. The van der Waals surface area contributed by atoms with Crippen LogP contribution >= 0.6 is 12.6 Å². The lowest BCUT2D eigenvalue weighted by molar-refractivity contribution is -0.136. The molecule has 0 fully saturated rings. The molecule has 0 radical (unpaired) electrons. The Morgan fingerprint density at radius 2 is 2.09 bits per heavy atom. The molecule has 0 aromatic heterocycles. The van der Waals surface area contributed by atoms with Gasteiger partial charge in [-0.3, -0.25) is 0 Å². The molecule has 0 spiro atoms. The molecule has 0 aliphatic heterocycles. The van der Waals surface area contributed by atoms with Gasteiger partial charge in [-0.05, 0) is 30.6 Å². The molecule has 0 saturated carbocycles. The van der Waals surface area contributed by atoms with Crippen molar-refractivity contribution in [3.05, 3.63) is 10.5 Å². The second-order valence-corrected chi connectivity index (χ2v) is 3.16. The smallest absolute Gasteiger partial charge is 0.334 e. The summed E-state index contributed by atoms with van der Waals surface area (Å²) < 4.78 is 4.61. The van der Waals surface area contributed by atoms with Gasteiger partial charge in [-0.1, -0.05) is 0 Å². The van der Waals surface area contributed by atoms with E-state index in [1.165, 1.54) is 7.11 Å². The Bertz CT molecular complexity index is 196. The highest BCUT2D eigenvalue weighted by molar-refractivity contribution is 7.84. The highest BCUT2D eigenvalue weighted by Gasteiger charge is 2.16. The van der Waals surface area contributed by atoms with Gasteiger partial charge in [-0.15, -0.1) is 12.6 Å². The van der Waals surface area contributed by atoms with Crippen molar-refractivity contribution < 1.29 is 9.53 Å². The van der Waals surface area contributed by atoms with Crippen LogP contribution < -0.4 is 0 Å². The van der Waals surface area contributed by atoms with Crippen LogP contribution in [0.15, 0.2) is 10.5 Å². The maximum absolute atomic E-state index is 11.0. The van der Waals surface area contributed by atoms with Crippen molar-refractivity contribution in [2.75, 3.05) is 7.11 Å². The van der Waals surface area contributed by atoms with Gasteiger partial charge >= 0.3 is 5.97 Å². The molecule has 0 heterocycles. The van der Waals surface area contributed by atoms with Gasteiger partial charge in [0.05, 0.1) is 7.11 Å². The van der Waals surface area contributed by atoms with E-state index in [2.05, 4.69) is 17.4 Å². The zero-order chi connectivity index (χ0) is 8.27. The fourth-order valence-electron chi connectivity index (χ4n) is 1.23. The summed E-state index contributed by atoms with van der Waals surface area (Å²) in [6, 6.07) is 0. The van der Waals surface area contributed by atoms with E-state index in [1.807, 2.05) is 0 Å². The summed E-state index contributed by atoms with van der Waals surface area (Å²) in [7, 11) is 1.41. The Morgan fingerprint density at radius 1 is 1.45 bits per heavy atom. The van der Waals surface area contributed by atoms with E-state index < -0.39 is 0 Å². The highest BCUT2D eigenvalue weighted by atomic mass is 32.1. The third kappa shape index (κ3) is 1.99. The molecule has 0 aromatic rings. The first kappa shape index (κ1) is 8.65. The first-order valence-electron chi connectivity index (χ1n) is 3.75. The lowest BCUT2D eigenvalue weighted by Crippen LogP contribution is -2.09. The molecule has 62 valence electrons. The average molecular weight is 172 g/mol. The largest absolute Gasteiger partial charge is 0.466 e. The fraction of sp³-hybridized carbons (Fsp3) is 0.625. The topological polar surface area (TPSA) is 26.3 Å². The Labute approximate surface area is 72.0 Å². The second kappa shape index (κ2) is 3.81. The Hall–Kier alpha value is -0.440. The molecule has 0 atom stereocenters. The lowest BCUT2D eigenvalue weighted by atomic mass is 9.99. The number of allylic oxidation sites excluding steroid dienone is 1. The van der Waals surface area contributed by atoms with Crippen LogP contribution in [0.3, 0.4) is 0 Å². The minimum Gasteiger partial charge on any atom is -0.466 e. The maximum atomic E-state index is 11.0. The van der Waals surface area contributed by atoms with Crippen molar-refractivity contribution >= 4 is 18.6 Å². The van der Waals surface area contributed by atoms with Gasteiger partial charge in [0.25, 0.3) is 0 Å². The quantitative estimate of drug-likeness (QED) is 0.483. The molecule has 11 heavy (non-hydrogen) atoms. The molecule has 1 aliphatic carbocycles. The Morgan fingerprint density at radius 3 is 2.64 bits per heavy atom. The third-order valence-electron chi connectivity index (χ3n) is 1.87. The van der Waals surface area contributed by atoms with Gasteiger partial charge < -0.3 is 4.74 Å². The SMILES string of the molecule is COC(=O)C1=C(S)CCCC1. The van der Waals surface area contributed by atoms with Crippen molar-refractivity contribution in [1.29, 1.82) is 0 Å². The van der Waals surface area contributed by atoms with Crippen LogP contribution in [0.2, 0.25) is 0 Å². The van der Waals surface area contributed by atoms with Gasteiger partial charge in [0.2, 0.25) is 0 Å². The van der Waals surface area contributed by atoms with Crippen molar-refractivity contribution in [2.45, 2.75) is 25.7 Å². The van der Waals surface area contributed by atoms with E-state index in [0.717, 1.165) is 36.2 Å². The summed E-state index contributed by atoms with van der Waals surface area (Å²) in [4.78, 5) is 12.0. The third-order valence-corrected chi connectivity index (χ3v) is 2.36. The summed E-state index contributed by atoms with van der Waals surface area (Å²) in [5, 5.41) is 0. The monoisotopic (exact) mass is 172 g/mol. The van der Waals surface area contributed by atoms with Crippen LogP contribution in [0.1, 0.15) is 25.7 Å². The summed E-state index contributed by atoms with van der Waals surface area (Å²) >= 11 is 4.23. The van der Waals surface area contributed by atoms with Crippen LogP contribution in [-0.4, -0.2) is 13.1 Å². The molecule has 1 rings (SSSR count). The van der Waals surface area contributed by atoms with Gasteiger partial charge in [0.15, 0.2) is 0 Å². The first-order chi connectivity index (χ1) is 5.25. The summed E-state index contributed by atoms with van der Waals surface area (Å²) in [5.74, 6) is -0.213. The van der Waals surface area contributed by atoms with Crippen LogP contribution in [0.5, 0.6) is 0 Å². The number of ether oxygens (including phenoxy) is 1. The summed E-state index contributed by atoms with van der Waals surface area (Å²) in [6.45, 7) is 0. The van der Waals surface area contributed by atoms with Crippen LogP contribution in [0, 0.1) is 0 Å². The predicted molar refractivity (Wildman–Crippen MR) is 46.5 cm³/mol. The van der Waals surface area contributed by atoms with Gasteiger partial charge in [0.1, 0.15) is 0 Å². The number of esters is 1. The zero-order valence-electron chi connectivity index (χ0n) is 6.59. The van der Waals surface area contributed by atoms with E-state index in [0.29, 0.717) is 0 Å². The molecular formula is C8H12O2S. The standard InChI is InChI=1S/C8H12O2S/c1-10-8(9)6-4-2-3-5-7(6)11/h11H,2-5H2,1H3. The predicted octanol–water partition coefficient (Wildman–Crippen LogP) is 1.92. The van der Waals surface area contributed by atoms with E-state index in [4.69, 9.17) is 0 Å². The van der Waals surface area contributed by atoms with E-state index in [-0.39, 0.29) is 5.97 Å². The number of carbonyl (C=O) groups is 1. The fourth-order valence-corrected chi connectivity index (χ4v) is 1.59. The maximum Gasteiger partial charge on any atom is 0.334 e. The van der Waals surface area contributed by atoms with E-state index in [9.17, 15) is 4.79 Å². The minimum absolute atomic E-state index is 0.213. The molecule has 0 unspecified atom stereocenters. The van der Waals surface area contributed by atoms with Gasteiger partial charge in [0, 0.05) is 5.57 Å². The molecular weight excluding hydrogens is 160 g/mol. The van der Waals surface area contributed by atoms with Crippen LogP contribution in [0.4, 0.5) is 0 Å². The number of carbonyl (C=O) groups excluding carboxylic acids is 1. The van der Waals surface area contributed by atoms with Crippen molar-refractivity contribution in [1.82, 2.24) is 0 Å². The number of hydrogen-bond acceptors (Lipinski definition) is 3. The van der Waals surface area contributed by atoms with Gasteiger partial charge in [-0.2, -0.15) is 0 Å². The highest BCUT2D eigenvalue weighted by Crippen LogP contribution is 2.27. The zero-order valence-corrected chi connectivity index (χ0v) is 7.49. The summed E-state index contributed by atoms with van der Waals surface area (Å²) in [5.41, 5.74) is 0.766. The number of thiol groups is 1. The van der Waals surface area contributed by atoms with E-state index >= 15 is 0 Å². The second-order valence-electron chi connectivity index (χ2n) is 2.62. The normalized spacial score (nSPS) is 18.4. The van der Waals surface area contributed by atoms with Crippen molar-refractivity contribution in [3.63, 3.8) is 0 Å². The van der Waals surface area contributed by atoms with Crippen LogP contribution in [-0.2, 0) is 9.53 Å². The Balaban J connectivity index is 2.74. The van der Waals surface area contributed by atoms with Crippen molar-refractivity contribution in [2.24, 2.45) is 0 Å². The molecule has 3 heteroatoms. The number of hydrogen-bond donors (Lipinski definition) is 1. The molecule has 2 nitrogen and oxygen atoms in total. The Kier molecular flexibility index (Phi) is 3.00. The number of rotatable bonds is 1. The van der Waals surface area contributed by atoms with Crippen LogP contribution in [0.25, 0.3) is 0 Å². The molecule has 0 bridgehead atoms. The molecule has 0 N–H and O–H groups in total. The van der Waals surface area contributed by atoms with E-state index in [1.54, 1.807) is 0 Å². The number of methoxy groups -OCH3 is 1. The van der Waals surface area contributed by atoms with Gasteiger partial charge in [-0.25, -0.2) is 4.79 Å². The molecule has 0 amide bonds. The molecule has 0 aromatic carbocycles. The molecule has 0 saturated heterocycles. The lowest BCUT2D eigenvalue weighted by Gasteiger charge is -2.14. The first-order valence-corrected chi connectivity index (χ1v) is 4.19. The average Bonchev–Trinajstić information content (AvgIpc) is 2.04. The molecule has 1 aliphatic rings.